The summed E-state index contributed by atoms with van der Waals surface area (Å²) >= 11 is 4.92. The number of halogens is 1. The summed E-state index contributed by atoms with van der Waals surface area (Å²) in [5.41, 5.74) is 6.53. The van der Waals surface area contributed by atoms with E-state index < -0.39 is 0 Å². The lowest BCUT2D eigenvalue weighted by Gasteiger charge is -2.08. The highest BCUT2D eigenvalue weighted by molar-refractivity contribution is 9.10. The van der Waals surface area contributed by atoms with Gasteiger partial charge < -0.3 is 16.0 Å². The van der Waals surface area contributed by atoms with Crippen LogP contribution >= 0.6 is 27.7 Å². The van der Waals surface area contributed by atoms with Gasteiger partial charge in [-0.05, 0) is 46.6 Å². The van der Waals surface area contributed by atoms with Crippen molar-refractivity contribution < 1.29 is 0 Å². The van der Waals surface area contributed by atoms with Crippen molar-refractivity contribution in [3.63, 3.8) is 0 Å². The molecule has 2 aromatic rings. The maximum Gasteiger partial charge on any atom is 0.253 e. The molecule has 2 rings (SSSR count). The number of aromatic amines is 1. The third-order valence-electron chi connectivity index (χ3n) is 2.70. The monoisotopic (exact) mass is 368 g/mol. The lowest BCUT2D eigenvalue weighted by atomic mass is 10.2. The summed E-state index contributed by atoms with van der Waals surface area (Å²) in [4.78, 5) is 19.1. The van der Waals surface area contributed by atoms with Crippen LogP contribution in [0, 0.1) is 0 Å². The summed E-state index contributed by atoms with van der Waals surface area (Å²) in [5, 5.41) is 3.84. The number of anilines is 1. The molecular formula is C14H17BrN4OS. The zero-order valence-corrected chi connectivity index (χ0v) is 14.1. The van der Waals surface area contributed by atoms with Crippen molar-refractivity contribution in [1.82, 2.24) is 15.3 Å². The number of nitrogens with one attached hydrogen (secondary N) is 2. The predicted molar refractivity (Wildman–Crippen MR) is 89.5 cm³/mol. The molecule has 112 valence electrons. The molecule has 0 aliphatic rings. The van der Waals surface area contributed by atoms with Gasteiger partial charge in [0.1, 0.15) is 5.82 Å². The lowest BCUT2D eigenvalue weighted by Crippen LogP contribution is -2.13. The number of hydrogen-bond donors (Lipinski definition) is 3. The summed E-state index contributed by atoms with van der Waals surface area (Å²) in [6.07, 6.45) is 1.11. The van der Waals surface area contributed by atoms with Crippen molar-refractivity contribution in [1.29, 1.82) is 0 Å². The van der Waals surface area contributed by atoms with Gasteiger partial charge in [-0.25, -0.2) is 4.98 Å². The van der Waals surface area contributed by atoms with Gasteiger partial charge in [0, 0.05) is 22.0 Å². The zero-order chi connectivity index (χ0) is 15.2. The Morgan fingerprint density at radius 1 is 1.43 bits per heavy atom. The van der Waals surface area contributed by atoms with E-state index in [1.165, 1.54) is 23.4 Å². The van der Waals surface area contributed by atoms with E-state index in [0.717, 1.165) is 28.9 Å². The van der Waals surface area contributed by atoms with Gasteiger partial charge in [-0.15, -0.1) is 0 Å². The maximum absolute atomic E-state index is 11.4. The van der Waals surface area contributed by atoms with Gasteiger partial charge in [-0.3, -0.25) is 4.79 Å². The van der Waals surface area contributed by atoms with E-state index in [9.17, 15) is 4.79 Å². The fourth-order valence-electron chi connectivity index (χ4n) is 1.75. The quantitative estimate of drug-likeness (QED) is 0.539. The van der Waals surface area contributed by atoms with E-state index in [2.05, 4.69) is 50.3 Å². The van der Waals surface area contributed by atoms with Crippen LogP contribution in [0.15, 0.2) is 43.6 Å². The Kier molecular flexibility index (Phi) is 5.84. The molecule has 0 aliphatic heterocycles. The summed E-state index contributed by atoms with van der Waals surface area (Å²) < 4.78 is 0.966. The van der Waals surface area contributed by atoms with Crippen LogP contribution in [-0.4, -0.2) is 16.5 Å². The fourth-order valence-corrected chi connectivity index (χ4v) is 3.22. The molecule has 7 heteroatoms. The molecule has 0 saturated heterocycles. The largest absolute Gasteiger partial charge is 0.383 e. The molecule has 1 aromatic carbocycles. The van der Waals surface area contributed by atoms with Crippen molar-refractivity contribution >= 4 is 33.5 Å². The first-order valence-electron chi connectivity index (χ1n) is 6.62. The molecule has 21 heavy (non-hydrogen) atoms. The van der Waals surface area contributed by atoms with Crippen molar-refractivity contribution in [2.24, 2.45) is 0 Å². The molecule has 1 heterocycles. The third kappa shape index (κ3) is 4.87. The molecular weight excluding hydrogens is 352 g/mol. The normalized spacial score (nSPS) is 10.8. The average Bonchev–Trinajstić information content (AvgIpc) is 2.41. The van der Waals surface area contributed by atoms with E-state index in [4.69, 9.17) is 5.73 Å². The summed E-state index contributed by atoms with van der Waals surface area (Å²) in [6, 6.07) is 7.39. The smallest absolute Gasteiger partial charge is 0.253 e. The highest BCUT2D eigenvalue weighted by atomic mass is 79.9. The predicted octanol–water partition coefficient (Wildman–Crippen LogP) is 2.77. The van der Waals surface area contributed by atoms with Gasteiger partial charge in [0.25, 0.3) is 5.56 Å². The fraction of sp³-hybridized carbons (Fsp3) is 0.286. The Morgan fingerprint density at radius 3 is 2.90 bits per heavy atom. The molecule has 0 amide bonds. The van der Waals surface area contributed by atoms with E-state index in [1.54, 1.807) is 0 Å². The van der Waals surface area contributed by atoms with Gasteiger partial charge in [0.05, 0.1) is 0 Å². The number of nitrogens with zero attached hydrogens (tertiary/aromatic N) is 1. The first-order chi connectivity index (χ1) is 10.1. The summed E-state index contributed by atoms with van der Waals surface area (Å²) in [7, 11) is 0. The Bertz CT molecular complexity index is 674. The number of nitrogens with two attached hydrogens (primary N) is 1. The lowest BCUT2D eigenvalue weighted by molar-refractivity contribution is 0.675. The molecule has 0 bridgehead atoms. The van der Waals surface area contributed by atoms with E-state index in [0.29, 0.717) is 5.16 Å². The minimum absolute atomic E-state index is 0.220. The molecule has 0 saturated carbocycles. The van der Waals surface area contributed by atoms with Gasteiger partial charge in [-0.2, -0.15) is 0 Å². The topological polar surface area (TPSA) is 83.8 Å². The van der Waals surface area contributed by atoms with Crippen LogP contribution in [-0.2, 0) is 6.54 Å². The Labute approximate surface area is 135 Å². The van der Waals surface area contributed by atoms with Crippen LogP contribution in [0.2, 0.25) is 0 Å². The second kappa shape index (κ2) is 7.63. The van der Waals surface area contributed by atoms with Crippen LogP contribution in [0.1, 0.15) is 18.9 Å². The van der Waals surface area contributed by atoms with Gasteiger partial charge in [0.2, 0.25) is 0 Å². The number of hydrogen-bond acceptors (Lipinski definition) is 5. The Balaban J connectivity index is 2.11. The first kappa shape index (κ1) is 16.1. The second-order valence-electron chi connectivity index (χ2n) is 4.52. The van der Waals surface area contributed by atoms with Gasteiger partial charge in [-0.1, -0.05) is 24.8 Å². The second-order valence-corrected chi connectivity index (χ2v) is 6.40. The van der Waals surface area contributed by atoms with E-state index in [-0.39, 0.29) is 11.4 Å². The summed E-state index contributed by atoms with van der Waals surface area (Å²) in [6.45, 7) is 3.98. The van der Waals surface area contributed by atoms with Crippen molar-refractivity contribution in [3.05, 3.63) is 44.7 Å². The number of H-pyrrole nitrogens is 1. The minimum Gasteiger partial charge on any atom is -0.383 e. The molecule has 0 atom stereocenters. The van der Waals surface area contributed by atoms with Crippen molar-refractivity contribution in [2.45, 2.75) is 29.9 Å². The van der Waals surface area contributed by atoms with Crippen molar-refractivity contribution in [2.75, 3.05) is 12.3 Å². The molecule has 1 aromatic heterocycles. The number of benzene rings is 1. The molecule has 5 nitrogen and oxygen atoms in total. The number of nitrogen functional groups attached to an aromatic ring is 1. The van der Waals surface area contributed by atoms with Gasteiger partial charge >= 0.3 is 0 Å². The number of aromatic nitrogens is 2. The van der Waals surface area contributed by atoms with Crippen LogP contribution in [0.3, 0.4) is 0 Å². The highest BCUT2D eigenvalue weighted by Crippen LogP contribution is 2.32. The minimum atomic E-state index is -0.249. The SMILES string of the molecule is CCCNCc1ccc(Sc2nc(N)cc(=O)[nH]2)c(Br)c1. The average molecular weight is 369 g/mol. The molecule has 0 radical (unpaired) electrons. The van der Waals surface area contributed by atoms with Gasteiger partial charge in [0.15, 0.2) is 5.16 Å². The standard InChI is InChI=1S/C14H17BrN4OS/c1-2-5-17-8-9-3-4-11(10(15)6-9)21-14-18-12(16)7-13(20)19-14/h3-4,6-7,17H,2,5,8H2,1H3,(H3,16,18,19,20). The van der Waals surface area contributed by atoms with Crippen molar-refractivity contribution in [3.8, 4) is 0 Å². The van der Waals surface area contributed by atoms with Crippen LogP contribution in [0.4, 0.5) is 5.82 Å². The molecule has 0 spiro atoms. The first-order valence-corrected chi connectivity index (χ1v) is 8.23. The maximum atomic E-state index is 11.4. The Hall–Kier alpha value is -1.31. The molecule has 0 aliphatic carbocycles. The zero-order valence-electron chi connectivity index (χ0n) is 11.6. The highest BCUT2D eigenvalue weighted by Gasteiger charge is 2.06. The number of rotatable bonds is 6. The van der Waals surface area contributed by atoms with Crippen LogP contribution < -0.4 is 16.6 Å². The molecule has 0 unspecified atom stereocenters. The van der Waals surface area contributed by atoms with E-state index >= 15 is 0 Å². The van der Waals surface area contributed by atoms with Crippen LogP contribution in [0.5, 0.6) is 0 Å². The third-order valence-corrected chi connectivity index (χ3v) is 4.58. The van der Waals surface area contributed by atoms with E-state index in [1.807, 2.05) is 6.07 Å². The summed E-state index contributed by atoms with van der Waals surface area (Å²) in [5.74, 6) is 0.220. The Morgan fingerprint density at radius 2 is 2.24 bits per heavy atom. The molecule has 0 fully saturated rings. The van der Waals surface area contributed by atoms with Crippen LogP contribution in [0.25, 0.3) is 0 Å². The molecule has 4 N–H and O–H groups in total.